The number of carbonyl (C=O) groups excluding carboxylic acids is 3. The molecule has 3 atom stereocenters. The number of nitrogens with zero attached hydrogens (tertiary/aromatic N) is 1. The summed E-state index contributed by atoms with van der Waals surface area (Å²) < 4.78 is 10.7. The Morgan fingerprint density at radius 1 is 1.05 bits per heavy atom. The van der Waals surface area contributed by atoms with Crippen LogP contribution in [0, 0.1) is 5.92 Å². The Morgan fingerprint density at radius 2 is 1.73 bits per heavy atom. The summed E-state index contributed by atoms with van der Waals surface area (Å²) in [6, 6.07) is 12.6. The molecule has 2 rings (SSSR count). The molecular formula is C33H47N3O5. The van der Waals surface area contributed by atoms with Crippen molar-refractivity contribution in [2.45, 2.75) is 84.9 Å². The van der Waals surface area contributed by atoms with Gasteiger partial charge in [0, 0.05) is 12.2 Å². The minimum Gasteiger partial charge on any atom is -0.497 e. The standard InChI is InChI=1S/C33H47N3O5/c1-9-12-13-21-36(31(38)28(23(4)10-2)35-32(39)41-33(5,6)7)29(25-16-14-15-24(11-3)22-25)30(37)34-26-17-19-27(40-8)20-18-26/h11,14-20,22-23,28-29H,3,9-10,12-13,21H2,1-2,4-8H3,(H,34,37)(H,35,39). The molecule has 0 bridgehead atoms. The number of methoxy groups -OCH3 is 1. The van der Waals surface area contributed by atoms with Gasteiger partial charge in [0.1, 0.15) is 23.4 Å². The van der Waals surface area contributed by atoms with E-state index in [1.807, 2.05) is 38.1 Å². The third-order valence-electron chi connectivity index (χ3n) is 6.82. The Bertz CT molecular complexity index is 1160. The maximum atomic E-state index is 14.4. The normalized spacial score (nSPS) is 13.3. The van der Waals surface area contributed by atoms with E-state index in [1.165, 1.54) is 0 Å². The lowest BCUT2D eigenvalue weighted by atomic mass is 9.95. The van der Waals surface area contributed by atoms with Gasteiger partial charge in [0.05, 0.1) is 7.11 Å². The lowest BCUT2D eigenvalue weighted by Gasteiger charge is -2.36. The Balaban J connectivity index is 2.58. The summed E-state index contributed by atoms with van der Waals surface area (Å²) >= 11 is 0. The van der Waals surface area contributed by atoms with Crippen molar-refractivity contribution in [1.82, 2.24) is 10.2 Å². The van der Waals surface area contributed by atoms with Gasteiger partial charge in [-0.15, -0.1) is 0 Å². The van der Waals surface area contributed by atoms with Gasteiger partial charge in [-0.3, -0.25) is 9.59 Å². The first-order chi connectivity index (χ1) is 19.4. The van der Waals surface area contributed by atoms with Crippen LogP contribution in [0.15, 0.2) is 55.1 Å². The van der Waals surface area contributed by atoms with Crippen molar-refractivity contribution < 1.29 is 23.9 Å². The molecule has 0 fully saturated rings. The fourth-order valence-electron chi connectivity index (χ4n) is 4.41. The van der Waals surface area contributed by atoms with Crippen LogP contribution in [-0.4, -0.2) is 48.1 Å². The Kier molecular flexibility index (Phi) is 12.9. The van der Waals surface area contributed by atoms with Crippen LogP contribution in [0.3, 0.4) is 0 Å². The smallest absolute Gasteiger partial charge is 0.408 e. The van der Waals surface area contributed by atoms with Crippen LogP contribution in [0.5, 0.6) is 5.75 Å². The molecule has 0 spiro atoms. The summed E-state index contributed by atoms with van der Waals surface area (Å²) in [7, 11) is 1.58. The first-order valence-corrected chi connectivity index (χ1v) is 14.4. The van der Waals surface area contributed by atoms with Crippen molar-refractivity contribution in [2.24, 2.45) is 5.92 Å². The number of benzene rings is 2. The van der Waals surface area contributed by atoms with Crippen LogP contribution in [0.4, 0.5) is 10.5 Å². The van der Waals surface area contributed by atoms with Crippen LogP contribution in [-0.2, 0) is 14.3 Å². The zero-order chi connectivity index (χ0) is 30.6. The van der Waals surface area contributed by atoms with Crippen molar-refractivity contribution in [2.75, 3.05) is 19.0 Å². The van der Waals surface area contributed by atoms with Gasteiger partial charge in [0.25, 0.3) is 5.91 Å². The second-order valence-electron chi connectivity index (χ2n) is 11.2. The number of nitrogens with one attached hydrogen (secondary N) is 2. The molecule has 2 aromatic carbocycles. The molecule has 8 nitrogen and oxygen atoms in total. The van der Waals surface area contributed by atoms with Gasteiger partial charge in [-0.25, -0.2) is 4.79 Å². The van der Waals surface area contributed by atoms with E-state index in [-0.39, 0.29) is 17.7 Å². The topological polar surface area (TPSA) is 97.0 Å². The van der Waals surface area contributed by atoms with Crippen molar-refractivity contribution >= 4 is 29.7 Å². The first-order valence-electron chi connectivity index (χ1n) is 14.4. The molecule has 3 unspecified atom stereocenters. The largest absolute Gasteiger partial charge is 0.497 e. The van der Waals surface area contributed by atoms with Crippen LogP contribution in [0.2, 0.25) is 0 Å². The summed E-state index contributed by atoms with van der Waals surface area (Å²) in [5, 5.41) is 5.79. The SMILES string of the molecule is C=Cc1cccc(C(C(=O)Nc2ccc(OC)cc2)N(CCCCC)C(=O)C(NC(=O)OC(C)(C)C)C(C)CC)c1. The molecule has 0 saturated carbocycles. The van der Waals surface area contributed by atoms with Gasteiger partial charge in [-0.05, 0) is 74.6 Å². The first kappa shape index (κ1) is 33.4. The van der Waals surface area contributed by atoms with Crippen molar-refractivity contribution in [3.8, 4) is 5.75 Å². The van der Waals surface area contributed by atoms with E-state index in [4.69, 9.17) is 9.47 Å². The lowest BCUT2D eigenvalue weighted by molar-refractivity contribution is -0.142. The van der Waals surface area contributed by atoms with E-state index < -0.39 is 23.8 Å². The van der Waals surface area contributed by atoms with E-state index >= 15 is 0 Å². The average Bonchev–Trinajstić information content (AvgIpc) is 2.94. The molecule has 2 N–H and O–H groups in total. The molecule has 8 heteroatoms. The highest BCUT2D eigenvalue weighted by Gasteiger charge is 2.38. The van der Waals surface area contributed by atoms with Crippen LogP contribution < -0.4 is 15.4 Å². The quantitative estimate of drug-likeness (QED) is 0.241. The molecule has 41 heavy (non-hydrogen) atoms. The number of ether oxygens (including phenoxy) is 2. The van der Waals surface area contributed by atoms with Crippen LogP contribution in [0.25, 0.3) is 6.08 Å². The fourth-order valence-corrected chi connectivity index (χ4v) is 4.41. The number of amides is 3. The number of hydrogen-bond acceptors (Lipinski definition) is 5. The van der Waals surface area contributed by atoms with E-state index in [0.29, 0.717) is 36.4 Å². The number of carbonyl (C=O) groups is 3. The van der Waals surface area contributed by atoms with Gasteiger partial charge in [-0.1, -0.05) is 70.9 Å². The third kappa shape index (κ3) is 10.3. The van der Waals surface area contributed by atoms with E-state index in [2.05, 4.69) is 24.1 Å². The molecular weight excluding hydrogens is 518 g/mol. The average molecular weight is 566 g/mol. The van der Waals surface area contributed by atoms with E-state index in [0.717, 1.165) is 18.4 Å². The molecule has 0 heterocycles. The maximum absolute atomic E-state index is 14.4. The molecule has 224 valence electrons. The maximum Gasteiger partial charge on any atom is 0.408 e. The molecule has 0 aliphatic carbocycles. The summed E-state index contributed by atoms with van der Waals surface area (Å²) in [5.41, 5.74) is 1.33. The van der Waals surface area contributed by atoms with Crippen LogP contribution in [0.1, 0.15) is 84.4 Å². The summed E-state index contributed by atoms with van der Waals surface area (Å²) in [5.74, 6) is -0.227. The van der Waals surface area contributed by atoms with Crippen molar-refractivity contribution in [1.29, 1.82) is 0 Å². The van der Waals surface area contributed by atoms with Gasteiger partial charge >= 0.3 is 6.09 Å². The summed E-state index contributed by atoms with van der Waals surface area (Å²) in [4.78, 5) is 42.9. The molecule has 0 aromatic heterocycles. The van der Waals surface area contributed by atoms with Crippen molar-refractivity contribution in [3.05, 3.63) is 66.2 Å². The highest BCUT2D eigenvalue weighted by molar-refractivity contribution is 5.99. The minimum absolute atomic E-state index is 0.200. The minimum atomic E-state index is -0.951. The van der Waals surface area contributed by atoms with E-state index in [1.54, 1.807) is 63.1 Å². The molecule has 0 aliphatic rings. The molecule has 0 aliphatic heterocycles. The highest BCUT2D eigenvalue weighted by Crippen LogP contribution is 2.28. The van der Waals surface area contributed by atoms with Gasteiger partial charge in [0.15, 0.2) is 0 Å². The zero-order valence-corrected chi connectivity index (χ0v) is 25.7. The van der Waals surface area contributed by atoms with Gasteiger partial charge in [0.2, 0.25) is 5.91 Å². The monoisotopic (exact) mass is 565 g/mol. The number of alkyl carbamates (subject to hydrolysis) is 1. The Morgan fingerprint density at radius 3 is 2.29 bits per heavy atom. The van der Waals surface area contributed by atoms with Gasteiger partial charge < -0.3 is 25.0 Å². The molecule has 0 saturated heterocycles. The number of hydrogen-bond donors (Lipinski definition) is 2. The van der Waals surface area contributed by atoms with Gasteiger partial charge in [-0.2, -0.15) is 0 Å². The highest BCUT2D eigenvalue weighted by atomic mass is 16.6. The second-order valence-corrected chi connectivity index (χ2v) is 11.2. The second kappa shape index (κ2) is 15.8. The predicted molar refractivity (Wildman–Crippen MR) is 165 cm³/mol. The molecule has 3 amide bonds. The fraction of sp³-hybridized carbons (Fsp3) is 0.485. The molecule has 0 radical (unpaired) electrons. The zero-order valence-electron chi connectivity index (χ0n) is 25.7. The number of rotatable bonds is 14. The Hall–Kier alpha value is -3.81. The number of anilines is 1. The third-order valence-corrected chi connectivity index (χ3v) is 6.82. The lowest BCUT2D eigenvalue weighted by Crippen LogP contribution is -2.55. The number of unbranched alkanes of at least 4 members (excludes halogenated alkanes) is 2. The molecule has 2 aromatic rings. The van der Waals surface area contributed by atoms with Crippen molar-refractivity contribution in [3.63, 3.8) is 0 Å². The Labute approximate surface area is 245 Å². The summed E-state index contributed by atoms with van der Waals surface area (Å²) in [6.45, 7) is 15.5. The van der Waals surface area contributed by atoms with E-state index in [9.17, 15) is 14.4 Å². The van der Waals surface area contributed by atoms with Crippen LogP contribution >= 0.6 is 0 Å². The predicted octanol–water partition coefficient (Wildman–Crippen LogP) is 6.98. The summed E-state index contributed by atoms with van der Waals surface area (Å²) in [6.07, 6.45) is 4.21.